The average Bonchev–Trinajstić information content (AvgIpc) is 3.02. The van der Waals surface area contributed by atoms with E-state index in [1.165, 1.54) is 12.4 Å². The Morgan fingerprint density at radius 3 is 2.64 bits per heavy atom. The Kier molecular flexibility index (Phi) is 4.60. The minimum atomic E-state index is -4.48. The van der Waals surface area contributed by atoms with Crippen molar-refractivity contribution in [2.45, 2.75) is 6.18 Å². The van der Waals surface area contributed by atoms with Crippen molar-refractivity contribution in [2.24, 2.45) is 0 Å². The molecule has 0 saturated heterocycles. The Balaban J connectivity index is 1.65. The second-order valence-electron chi connectivity index (χ2n) is 5.21. The van der Waals surface area contributed by atoms with E-state index in [0.29, 0.717) is 11.3 Å². The summed E-state index contributed by atoms with van der Waals surface area (Å²) in [5.41, 5.74) is -0.429. The maximum atomic E-state index is 12.8. The molecular weight excluding hydrogens is 335 g/mol. The highest BCUT2D eigenvalue weighted by Crippen LogP contribution is 2.31. The maximum Gasteiger partial charge on any atom is 0.416 e. The Bertz CT molecular complexity index is 876. The number of hydrogen-bond acceptors (Lipinski definition) is 3. The molecule has 1 aromatic heterocycles. The van der Waals surface area contributed by atoms with Crippen molar-refractivity contribution in [3.8, 4) is 5.75 Å². The molecule has 0 unspecified atom stereocenters. The van der Waals surface area contributed by atoms with E-state index in [4.69, 9.17) is 4.74 Å². The van der Waals surface area contributed by atoms with Gasteiger partial charge in [0.25, 0.3) is 0 Å². The molecule has 25 heavy (non-hydrogen) atoms. The number of nitrogens with zero attached hydrogens (tertiary/aromatic N) is 2. The number of nitrogens with one attached hydrogen (secondary N) is 1. The number of para-hydroxylation sites is 1. The smallest absolute Gasteiger partial charge is 0.416 e. The number of carbonyl (C=O) groups is 1. The largest absolute Gasteiger partial charge is 0.492 e. The van der Waals surface area contributed by atoms with Crippen LogP contribution < -0.4 is 10.1 Å². The number of fused-ring (bicyclic) bond motifs is 1. The maximum absolute atomic E-state index is 12.8. The molecule has 3 aromatic rings. The standard InChI is InChI=1S/C17H14F3N3O2/c18-17(19,20)12-6-7-14-15(10-12)23(11-22-14)16(24)21-8-9-25-13-4-2-1-3-5-13/h1-7,10-11H,8-9H2,(H,21,24). The van der Waals surface area contributed by atoms with Gasteiger partial charge in [0, 0.05) is 0 Å². The third kappa shape index (κ3) is 3.90. The molecule has 0 atom stereocenters. The lowest BCUT2D eigenvalue weighted by atomic mass is 10.2. The summed E-state index contributed by atoms with van der Waals surface area (Å²) in [5, 5.41) is 2.58. The molecule has 0 spiro atoms. The van der Waals surface area contributed by atoms with Crippen LogP contribution in [0.15, 0.2) is 54.9 Å². The van der Waals surface area contributed by atoms with E-state index in [9.17, 15) is 18.0 Å². The number of alkyl halides is 3. The molecule has 1 amide bonds. The zero-order valence-corrected chi connectivity index (χ0v) is 13.0. The first-order valence-corrected chi connectivity index (χ1v) is 7.45. The predicted molar refractivity (Wildman–Crippen MR) is 85.5 cm³/mol. The van der Waals surface area contributed by atoms with E-state index in [0.717, 1.165) is 16.7 Å². The normalized spacial score (nSPS) is 11.5. The number of hydrogen-bond donors (Lipinski definition) is 1. The Labute approximate surface area is 141 Å². The predicted octanol–water partition coefficient (Wildman–Crippen LogP) is 3.69. The van der Waals surface area contributed by atoms with E-state index in [-0.39, 0.29) is 18.7 Å². The van der Waals surface area contributed by atoms with E-state index >= 15 is 0 Å². The summed E-state index contributed by atoms with van der Waals surface area (Å²) in [4.78, 5) is 16.1. The molecule has 0 aliphatic carbocycles. The number of amides is 1. The molecule has 8 heteroatoms. The second kappa shape index (κ2) is 6.84. The lowest BCUT2D eigenvalue weighted by Crippen LogP contribution is -2.31. The van der Waals surface area contributed by atoms with Crippen molar-refractivity contribution in [2.75, 3.05) is 13.2 Å². The lowest BCUT2D eigenvalue weighted by molar-refractivity contribution is -0.137. The van der Waals surface area contributed by atoms with Crippen molar-refractivity contribution in [3.05, 3.63) is 60.4 Å². The second-order valence-corrected chi connectivity index (χ2v) is 5.21. The molecule has 5 nitrogen and oxygen atoms in total. The molecule has 1 N–H and O–H groups in total. The quantitative estimate of drug-likeness (QED) is 0.731. The summed E-state index contributed by atoms with van der Waals surface area (Å²) < 4.78 is 44.9. The monoisotopic (exact) mass is 349 g/mol. The van der Waals surface area contributed by atoms with Crippen LogP contribution in [0, 0.1) is 0 Å². The fourth-order valence-corrected chi connectivity index (χ4v) is 2.27. The summed E-state index contributed by atoms with van der Waals surface area (Å²) in [5.74, 6) is 0.666. The number of aromatic nitrogens is 2. The summed E-state index contributed by atoms with van der Waals surface area (Å²) in [6, 6.07) is 11.6. The fourth-order valence-electron chi connectivity index (χ4n) is 2.27. The Morgan fingerprint density at radius 2 is 1.92 bits per heavy atom. The van der Waals surface area contributed by atoms with Gasteiger partial charge in [-0.25, -0.2) is 9.78 Å². The van der Waals surface area contributed by atoms with Gasteiger partial charge in [-0.2, -0.15) is 13.2 Å². The summed E-state index contributed by atoms with van der Waals surface area (Å²) in [6.07, 6.45) is -3.29. The number of carbonyl (C=O) groups excluding carboxylic acids is 1. The van der Waals surface area contributed by atoms with Gasteiger partial charge in [0.1, 0.15) is 18.7 Å². The topological polar surface area (TPSA) is 56.1 Å². The lowest BCUT2D eigenvalue weighted by Gasteiger charge is -2.09. The van der Waals surface area contributed by atoms with E-state index in [1.54, 1.807) is 12.1 Å². The van der Waals surface area contributed by atoms with Crippen LogP contribution in [0.3, 0.4) is 0 Å². The zero-order valence-electron chi connectivity index (χ0n) is 13.0. The molecule has 0 fully saturated rings. The molecule has 0 bridgehead atoms. The number of benzene rings is 2. The van der Waals surface area contributed by atoms with Crippen LogP contribution >= 0.6 is 0 Å². The minimum Gasteiger partial charge on any atom is -0.492 e. The van der Waals surface area contributed by atoms with Crippen LogP contribution in [0.5, 0.6) is 5.75 Å². The van der Waals surface area contributed by atoms with Crippen molar-refractivity contribution < 1.29 is 22.7 Å². The number of halogens is 3. The first-order valence-electron chi connectivity index (χ1n) is 7.45. The van der Waals surface area contributed by atoms with Crippen molar-refractivity contribution in [1.82, 2.24) is 14.9 Å². The van der Waals surface area contributed by atoms with Crippen LogP contribution in [0.4, 0.5) is 18.0 Å². The van der Waals surface area contributed by atoms with Crippen molar-refractivity contribution >= 4 is 17.1 Å². The van der Waals surface area contributed by atoms with Gasteiger partial charge in [0.05, 0.1) is 23.1 Å². The van der Waals surface area contributed by atoms with Crippen LogP contribution in [-0.4, -0.2) is 28.7 Å². The summed E-state index contributed by atoms with van der Waals surface area (Å²) in [6.45, 7) is 0.433. The van der Waals surface area contributed by atoms with Gasteiger partial charge in [0.15, 0.2) is 0 Å². The van der Waals surface area contributed by atoms with Gasteiger partial charge >= 0.3 is 12.2 Å². The fraction of sp³-hybridized carbons (Fsp3) is 0.176. The number of rotatable bonds is 4. The van der Waals surface area contributed by atoms with Crippen LogP contribution in [0.25, 0.3) is 11.0 Å². The van der Waals surface area contributed by atoms with E-state index < -0.39 is 17.8 Å². The SMILES string of the molecule is O=C(NCCOc1ccccc1)n1cnc2ccc(C(F)(F)F)cc21. The number of imidazole rings is 1. The minimum absolute atomic E-state index is 0.0938. The average molecular weight is 349 g/mol. The van der Waals surface area contributed by atoms with Crippen LogP contribution in [0.2, 0.25) is 0 Å². The molecule has 0 aliphatic heterocycles. The summed E-state index contributed by atoms with van der Waals surface area (Å²) in [7, 11) is 0. The van der Waals surface area contributed by atoms with Gasteiger partial charge in [-0.15, -0.1) is 0 Å². The Hall–Kier alpha value is -3.03. The molecular formula is C17H14F3N3O2. The highest BCUT2D eigenvalue weighted by atomic mass is 19.4. The van der Waals surface area contributed by atoms with E-state index in [1.807, 2.05) is 18.2 Å². The molecule has 0 saturated carbocycles. The van der Waals surface area contributed by atoms with Crippen LogP contribution in [0.1, 0.15) is 5.56 Å². The molecule has 0 radical (unpaired) electrons. The van der Waals surface area contributed by atoms with Gasteiger partial charge in [-0.3, -0.25) is 4.57 Å². The number of ether oxygens (including phenoxy) is 1. The highest BCUT2D eigenvalue weighted by molar-refractivity contribution is 5.89. The van der Waals surface area contributed by atoms with Gasteiger partial charge < -0.3 is 10.1 Å². The third-order valence-corrected chi connectivity index (χ3v) is 3.48. The molecule has 2 aromatic carbocycles. The first kappa shape index (κ1) is 16.8. The van der Waals surface area contributed by atoms with Crippen LogP contribution in [-0.2, 0) is 6.18 Å². The van der Waals surface area contributed by atoms with Gasteiger partial charge in [0.2, 0.25) is 0 Å². The molecule has 130 valence electrons. The van der Waals surface area contributed by atoms with Crippen molar-refractivity contribution in [3.63, 3.8) is 0 Å². The summed E-state index contributed by atoms with van der Waals surface area (Å²) >= 11 is 0. The highest BCUT2D eigenvalue weighted by Gasteiger charge is 2.31. The Morgan fingerprint density at radius 1 is 1.16 bits per heavy atom. The zero-order chi connectivity index (χ0) is 17.9. The first-order chi connectivity index (χ1) is 11.9. The molecule has 1 heterocycles. The third-order valence-electron chi connectivity index (χ3n) is 3.48. The molecule has 3 rings (SSSR count). The van der Waals surface area contributed by atoms with Gasteiger partial charge in [-0.1, -0.05) is 18.2 Å². The van der Waals surface area contributed by atoms with Gasteiger partial charge in [-0.05, 0) is 30.3 Å². The van der Waals surface area contributed by atoms with E-state index in [2.05, 4.69) is 10.3 Å². The molecule has 0 aliphatic rings. The van der Waals surface area contributed by atoms with Crippen molar-refractivity contribution in [1.29, 1.82) is 0 Å².